The second kappa shape index (κ2) is 10.9. The average molecular weight is 482 g/mol. The maximum Gasteiger partial charge on any atom is 0.246 e. The minimum Gasteiger partial charge on any atom is -0.395 e. The first kappa shape index (κ1) is 24.8. The monoisotopic (exact) mass is 481 g/mol. The first-order chi connectivity index (χ1) is 16.4. The summed E-state index contributed by atoms with van der Waals surface area (Å²) in [4.78, 5) is 0. The number of hydrogen-bond acceptors (Lipinski definition) is 4. The highest BCUT2D eigenvalue weighted by Gasteiger charge is 2.50. The fourth-order valence-electron chi connectivity index (χ4n) is 5.50. The van der Waals surface area contributed by atoms with E-state index < -0.39 is 8.41 Å². The summed E-state index contributed by atoms with van der Waals surface area (Å²) in [5.74, 6) is -0.00598. The lowest BCUT2D eigenvalue weighted by molar-refractivity contribution is 0.0247. The number of aryl methyl sites for hydroxylation is 2. The van der Waals surface area contributed by atoms with Gasteiger partial charge in [-0.3, -0.25) is 4.68 Å². The van der Waals surface area contributed by atoms with Crippen LogP contribution in [0.5, 0.6) is 0 Å². The molecule has 0 aliphatic carbocycles. The van der Waals surface area contributed by atoms with Crippen LogP contribution < -0.4 is 0 Å². The summed E-state index contributed by atoms with van der Waals surface area (Å²) in [7, 11) is -2.90. The van der Waals surface area contributed by atoms with Gasteiger partial charge in [0, 0.05) is 18.3 Å². The number of halogens is 1. The normalized spacial score (nSPS) is 23.8. The van der Waals surface area contributed by atoms with E-state index in [4.69, 9.17) is 4.74 Å². The van der Waals surface area contributed by atoms with Gasteiger partial charge in [-0.05, 0) is 49.4 Å². The first-order valence-electron chi connectivity index (χ1n) is 12.3. The number of aliphatic hydroxyl groups is 1. The summed E-state index contributed by atoms with van der Waals surface area (Å²) in [6.07, 6.45) is 4.41. The van der Waals surface area contributed by atoms with E-state index in [1.807, 2.05) is 55.7 Å². The van der Waals surface area contributed by atoms with E-state index in [2.05, 4.69) is 41.5 Å². The molecule has 4 rings (SSSR count). The average Bonchev–Trinajstić information content (AvgIpc) is 3.42. The van der Waals surface area contributed by atoms with Crippen molar-refractivity contribution in [1.82, 2.24) is 15.0 Å². The highest BCUT2D eigenvalue weighted by Crippen LogP contribution is 2.47. The molecular weight excluding hydrogens is 445 g/mol. The standard InChI is InChI=1S/C27H36FN3O2Si/c1-20-25(15-14-21-10-6-4-7-11-21)33-26(27(20)34(2,3)28)16-17-31-18-24(29-30-31)23(19-32)22-12-8-5-9-13-22/h4-13,18,20,23,25-27,32H,14-17,19H2,1-3H3/t20-,23?,25+,26-,27+/m1/s1. The Morgan fingerprint density at radius 2 is 1.71 bits per heavy atom. The molecule has 0 bridgehead atoms. The highest BCUT2D eigenvalue weighted by atomic mass is 28.4. The van der Waals surface area contributed by atoms with Crippen molar-refractivity contribution in [1.29, 1.82) is 0 Å². The molecule has 3 aromatic rings. The molecule has 1 saturated heterocycles. The number of aliphatic hydroxyl groups excluding tert-OH is 1. The van der Waals surface area contributed by atoms with Crippen molar-refractivity contribution in [2.45, 2.75) is 69.5 Å². The zero-order valence-corrected chi connectivity index (χ0v) is 21.3. The van der Waals surface area contributed by atoms with Crippen LogP contribution >= 0.6 is 0 Å². The lowest BCUT2D eigenvalue weighted by Gasteiger charge is -2.28. The van der Waals surface area contributed by atoms with Gasteiger partial charge in [-0.25, -0.2) is 0 Å². The van der Waals surface area contributed by atoms with Crippen LogP contribution in [0.25, 0.3) is 0 Å². The Bertz CT molecular complexity index is 1030. The third kappa shape index (κ3) is 5.82. The van der Waals surface area contributed by atoms with Gasteiger partial charge < -0.3 is 14.0 Å². The van der Waals surface area contributed by atoms with E-state index in [9.17, 15) is 5.11 Å². The largest absolute Gasteiger partial charge is 0.395 e. The number of aromatic nitrogens is 3. The zero-order chi connectivity index (χ0) is 24.1. The zero-order valence-electron chi connectivity index (χ0n) is 20.3. The van der Waals surface area contributed by atoms with Gasteiger partial charge in [-0.15, -0.1) is 5.10 Å². The van der Waals surface area contributed by atoms with E-state index in [0.717, 1.165) is 24.1 Å². The molecule has 1 N–H and O–H groups in total. The molecule has 5 atom stereocenters. The molecular formula is C27H36FN3O2Si. The van der Waals surface area contributed by atoms with Gasteiger partial charge in [0.15, 0.2) is 0 Å². The van der Waals surface area contributed by atoms with Crippen molar-refractivity contribution >= 4 is 8.41 Å². The van der Waals surface area contributed by atoms with Gasteiger partial charge in [0.05, 0.1) is 30.4 Å². The maximum atomic E-state index is 15.4. The molecule has 1 unspecified atom stereocenters. The van der Waals surface area contributed by atoms with E-state index in [-0.39, 0.29) is 36.2 Å². The first-order valence-corrected chi connectivity index (χ1v) is 15.3. The quantitative estimate of drug-likeness (QED) is 0.312. The van der Waals surface area contributed by atoms with Crippen LogP contribution in [0.3, 0.4) is 0 Å². The molecule has 2 heterocycles. The van der Waals surface area contributed by atoms with E-state index in [1.165, 1.54) is 5.56 Å². The number of hydrogen-bond donors (Lipinski definition) is 1. The van der Waals surface area contributed by atoms with E-state index >= 15 is 4.11 Å². The van der Waals surface area contributed by atoms with Gasteiger partial charge in [-0.2, -0.15) is 0 Å². The number of nitrogens with zero attached hydrogens (tertiary/aromatic N) is 3. The van der Waals surface area contributed by atoms with Crippen molar-refractivity contribution < 1.29 is 14.0 Å². The summed E-state index contributed by atoms with van der Waals surface area (Å²) < 4.78 is 23.7. The lowest BCUT2D eigenvalue weighted by atomic mass is 9.95. The molecule has 7 heteroatoms. The maximum absolute atomic E-state index is 15.4. The molecule has 1 aromatic heterocycles. The molecule has 0 saturated carbocycles. The Kier molecular flexibility index (Phi) is 7.96. The minimum atomic E-state index is -2.90. The summed E-state index contributed by atoms with van der Waals surface area (Å²) >= 11 is 0. The highest BCUT2D eigenvalue weighted by molar-refractivity contribution is 6.72. The number of rotatable bonds is 10. The van der Waals surface area contributed by atoms with Crippen molar-refractivity contribution in [3.63, 3.8) is 0 Å². The Labute approximate surface area is 203 Å². The van der Waals surface area contributed by atoms with Crippen molar-refractivity contribution in [2.24, 2.45) is 5.92 Å². The second-order valence-electron chi connectivity index (χ2n) is 10.0. The lowest BCUT2D eigenvalue weighted by Crippen LogP contribution is -2.36. The predicted molar refractivity (Wildman–Crippen MR) is 135 cm³/mol. The van der Waals surface area contributed by atoms with Gasteiger partial charge in [0.25, 0.3) is 0 Å². The van der Waals surface area contributed by atoms with Gasteiger partial charge in [0.2, 0.25) is 8.41 Å². The molecule has 0 radical (unpaired) electrons. The molecule has 1 aliphatic rings. The van der Waals surface area contributed by atoms with Crippen molar-refractivity contribution in [3.05, 3.63) is 83.7 Å². The molecule has 5 nitrogen and oxygen atoms in total. The van der Waals surface area contributed by atoms with Gasteiger partial charge >= 0.3 is 0 Å². The fraction of sp³-hybridized carbons (Fsp3) is 0.481. The summed E-state index contributed by atoms with van der Waals surface area (Å²) in [5, 5.41) is 18.5. The second-order valence-corrected chi connectivity index (χ2v) is 13.8. The van der Waals surface area contributed by atoms with Gasteiger partial charge in [-0.1, -0.05) is 72.8 Å². The number of ether oxygens (including phenoxy) is 1. The SMILES string of the molecule is C[C@H]1[C@H]([Si](C)(C)F)[C@@H](CCn2cc(C(CO)c3ccccc3)nn2)O[C@H]1CCc1ccccc1. The third-order valence-corrected chi connectivity index (χ3v) is 9.68. The summed E-state index contributed by atoms with van der Waals surface area (Å²) in [6, 6.07) is 20.3. The third-order valence-electron chi connectivity index (χ3n) is 7.20. The molecule has 0 spiro atoms. The van der Waals surface area contributed by atoms with Crippen LogP contribution in [0.1, 0.15) is 42.5 Å². The van der Waals surface area contributed by atoms with Crippen LogP contribution in [0.4, 0.5) is 4.11 Å². The van der Waals surface area contributed by atoms with Crippen molar-refractivity contribution in [3.8, 4) is 0 Å². The van der Waals surface area contributed by atoms with Crippen LogP contribution in [0, 0.1) is 5.92 Å². The fourth-order valence-corrected chi connectivity index (χ4v) is 8.09. The molecule has 2 aromatic carbocycles. The van der Waals surface area contributed by atoms with E-state index in [1.54, 1.807) is 4.68 Å². The van der Waals surface area contributed by atoms with Gasteiger partial charge in [0.1, 0.15) is 0 Å². The molecule has 182 valence electrons. The van der Waals surface area contributed by atoms with Crippen molar-refractivity contribution in [2.75, 3.05) is 6.61 Å². The topological polar surface area (TPSA) is 60.2 Å². The molecule has 1 fully saturated rings. The molecule has 34 heavy (non-hydrogen) atoms. The Balaban J connectivity index is 1.41. The summed E-state index contributed by atoms with van der Waals surface area (Å²) in [5.41, 5.74) is 3.01. The summed E-state index contributed by atoms with van der Waals surface area (Å²) in [6.45, 7) is 6.36. The minimum absolute atomic E-state index is 0.0290. The Hall–Kier alpha value is -2.35. The Morgan fingerprint density at radius 3 is 2.35 bits per heavy atom. The van der Waals surface area contributed by atoms with Crippen LogP contribution in [-0.4, -0.2) is 47.3 Å². The molecule has 0 amide bonds. The van der Waals surface area contributed by atoms with E-state index in [0.29, 0.717) is 13.0 Å². The van der Waals surface area contributed by atoms with Crippen LogP contribution in [0.15, 0.2) is 66.9 Å². The predicted octanol–water partition coefficient (Wildman–Crippen LogP) is 5.37. The van der Waals surface area contributed by atoms with Crippen LogP contribution in [0.2, 0.25) is 18.6 Å². The van der Waals surface area contributed by atoms with Crippen LogP contribution in [-0.2, 0) is 17.7 Å². The smallest absolute Gasteiger partial charge is 0.246 e. The number of benzene rings is 2. The Morgan fingerprint density at radius 1 is 1.03 bits per heavy atom. The molecule has 1 aliphatic heterocycles.